The van der Waals surface area contributed by atoms with Crippen molar-refractivity contribution in [2.45, 2.75) is 38.3 Å². The van der Waals surface area contributed by atoms with Crippen molar-refractivity contribution < 1.29 is 14.6 Å². The molecule has 1 atom stereocenters. The molecule has 1 amide bonds. The average molecular weight is 249 g/mol. The molecule has 1 aliphatic rings. The monoisotopic (exact) mass is 249 g/mol. The van der Waals surface area contributed by atoms with E-state index in [2.05, 4.69) is 5.32 Å². The number of hydrogen-bond donors (Lipinski definition) is 2. The fourth-order valence-electron chi connectivity index (χ4n) is 2.06. The summed E-state index contributed by atoms with van der Waals surface area (Å²) in [6.07, 6.45) is 3.75. The standard InChI is InChI=1S/C14H19NO3/c16-12-6-4-11(5-7-12)10-15-14(17)9-13-3-1-2-8-18-13/h4-7,13,16H,1-3,8-10H2,(H,15,17). The number of aromatic hydroxyl groups is 1. The minimum absolute atomic E-state index is 0.0231. The van der Waals surface area contributed by atoms with Gasteiger partial charge in [0.1, 0.15) is 5.75 Å². The molecular weight excluding hydrogens is 230 g/mol. The van der Waals surface area contributed by atoms with E-state index in [1.54, 1.807) is 24.3 Å². The molecule has 1 aliphatic heterocycles. The summed E-state index contributed by atoms with van der Waals surface area (Å²) in [6.45, 7) is 1.27. The lowest BCUT2D eigenvalue weighted by Gasteiger charge is -2.21. The third-order valence-corrected chi connectivity index (χ3v) is 3.11. The van der Waals surface area contributed by atoms with Crippen molar-refractivity contribution in [3.8, 4) is 5.75 Å². The number of phenols is 1. The lowest BCUT2D eigenvalue weighted by atomic mass is 10.1. The van der Waals surface area contributed by atoms with Gasteiger partial charge in [-0.15, -0.1) is 0 Å². The molecule has 1 fully saturated rings. The van der Waals surface area contributed by atoms with Crippen molar-refractivity contribution in [2.75, 3.05) is 6.61 Å². The van der Waals surface area contributed by atoms with Crippen molar-refractivity contribution in [3.05, 3.63) is 29.8 Å². The summed E-state index contributed by atoms with van der Waals surface area (Å²) in [5.74, 6) is 0.260. The van der Waals surface area contributed by atoms with Crippen LogP contribution in [0.25, 0.3) is 0 Å². The molecule has 0 bridgehead atoms. The van der Waals surface area contributed by atoms with Crippen LogP contribution < -0.4 is 5.32 Å². The van der Waals surface area contributed by atoms with E-state index in [4.69, 9.17) is 9.84 Å². The summed E-state index contributed by atoms with van der Waals surface area (Å²) in [4.78, 5) is 11.7. The summed E-state index contributed by atoms with van der Waals surface area (Å²) in [5, 5.41) is 12.0. The maximum atomic E-state index is 11.7. The van der Waals surface area contributed by atoms with Crippen LogP contribution in [-0.2, 0) is 16.1 Å². The fourth-order valence-corrected chi connectivity index (χ4v) is 2.06. The summed E-state index contributed by atoms with van der Waals surface area (Å²) >= 11 is 0. The zero-order valence-electron chi connectivity index (χ0n) is 10.4. The van der Waals surface area contributed by atoms with E-state index in [-0.39, 0.29) is 17.8 Å². The van der Waals surface area contributed by atoms with E-state index in [1.165, 1.54) is 0 Å². The Labute approximate surface area is 107 Å². The molecule has 0 saturated carbocycles. The summed E-state index contributed by atoms with van der Waals surface area (Å²) < 4.78 is 5.52. The van der Waals surface area contributed by atoms with Crippen molar-refractivity contribution >= 4 is 5.91 Å². The maximum absolute atomic E-state index is 11.7. The molecule has 4 heteroatoms. The van der Waals surface area contributed by atoms with Crippen molar-refractivity contribution in [1.29, 1.82) is 0 Å². The van der Waals surface area contributed by atoms with Crippen LogP contribution in [0.2, 0.25) is 0 Å². The molecular formula is C14H19NO3. The largest absolute Gasteiger partial charge is 0.508 e. The van der Waals surface area contributed by atoms with Crippen molar-refractivity contribution in [1.82, 2.24) is 5.32 Å². The van der Waals surface area contributed by atoms with Crippen molar-refractivity contribution in [2.24, 2.45) is 0 Å². The van der Waals surface area contributed by atoms with E-state index in [0.29, 0.717) is 13.0 Å². The number of ether oxygens (including phenoxy) is 1. The highest BCUT2D eigenvalue weighted by Gasteiger charge is 2.17. The first-order valence-electron chi connectivity index (χ1n) is 6.40. The first-order valence-corrected chi connectivity index (χ1v) is 6.40. The van der Waals surface area contributed by atoms with Gasteiger partial charge in [0.15, 0.2) is 0 Å². The van der Waals surface area contributed by atoms with Gasteiger partial charge in [0.25, 0.3) is 0 Å². The number of carbonyl (C=O) groups excluding carboxylic acids is 1. The number of amides is 1. The minimum Gasteiger partial charge on any atom is -0.508 e. The molecule has 1 heterocycles. The second-order valence-electron chi connectivity index (χ2n) is 4.64. The second kappa shape index (κ2) is 6.40. The van der Waals surface area contributed by atoms with E-state index >= 15 is 0 Å². The normalized spacial score (nSPS) is 19.4. The number of rotatable bonds is 4. The Kier molecular flexibility index (Phi) is 4.59. The predicted octanol–water partition coefficient (Wildman–Crippen LogP) is 1.97. The molecule has 4 nitrogen and oxygen atoms in total. The molecule has 0 aliphatic carbocycles. The zero-order valence-corrected chi connectivity index (χ0v) is 10.4. The summed E-state index contributed by atoms with van der Waals surface area (Å²) in [7, 11) is 0. The Hall–Kier alpha value is -1.55. The van der Waals surface area contributed by atoms with Gasteiger partial charge in [-0.1, -0.05) is 12.1 Å². The third-order valence-electron chi connectivity index (χ3n) is 3.11. The second-order valence-corrected chi connectivity index (χ2v) is 4.64. The van der Waals surface area contributed by atoms with E-state index < -0.39 is 0 Å². The Morgan fingerprint density at radius 1 is 1.33 bits per heavy atom. The van der Waals surface area contributed by atoms with Crippen molar-refractivity contribution in [3.63, 3.8) is 0 Å². The first kappa shape index (κ1) is 12.9. The number of nitrogens with one attached hydrogen (secondary N) is 1. The van der Waals surface area contributed by atoms with Crippen LogP contribution in [0.15, 0.2) is 24.3 Å². The Balaban J connectivity index is 1.72. The lowest BCUT2D eigenvalue weighted by molar-refractivity contribution is -0.125. The van der Waals surface area contributed by atoms with Gasteiger partial charge in [0.05, 0.1) is 12.5 Å². The summed E-state index contributed by atoms with van der Waals surface area (Å²) in [5.41, 5.74) is 0.978. The predicted molar refractivity (Wildman–Crippen MR) is 68.2 cm³/mol. The molecule has 98 valence electrons. The number of hydrogen-bond acceptors (Lipinski definition) is 3. The smallest absolute Gasteiger partial charge is 0.222 e. The highest BCUT2D eigenvalue weighted by Crippen LogP contribution is 2.15. The molecule has 1 unspecified atom stereocenters. The zero-order chi connectivity index (χ0) is 12.8. The van der Waals surface area contributed by atoms with Crippen LogP contribution in [-0.4, -0.2) is 23.7 Å². The average Bonchev–Trinajstić information content (AvgIpc) is 2.39. The van der Waals surface area contributed by atoms with E-state index in [9.17, 15) is 4.79 Å². The van der Waals surface area contributed by atoms with Crippen LogP contribution >= 0.6 is 0 Å². The number of phenolic OH excluding ortho intramolecular Hbond substituents is 1. The molecule has 1 saturated heterocycles. The molecule has 2 rings (SSSR count). The lowest BCUT2D eigenvalue weighted by Crippen LogP contribution is -2.30. The van der Waals surface area contributed by atoms with Crippen LogP contribution in [0.1, 0.15) is 31.2 Å². The topological polar surface area (TPSA) is 58.6 Å². The van der Waals surface area contributed by atoms with Crippen LogP contribution in [0.3, 0.4) is 0 Å². The van der Waals surface area contributed by atoms with Gasteiger partial charge in [-0.2, -0.15) is 0 Å². The number of carbonyl (C=O) groups is 1. The fraction of sp³-hybridized carbons (Fsp3) is 0.500. The molecule has 1 aromatic rings. The highest BCUT2D eigenvalue weighted by molar-refractivity contribution is 5.76. The first-order chi connectivity index (χ1) is 8.74. The Morgan fingerprint density at radius 3 is 2.78 bits per heavy atom. The van der Waals surface area contributed by atoms with Crippen LogP contribution in [0.5, 0.6) is 5.75 Å². The van der Waals surface area contributed by atoms with Crippen LogP contribution in [0, 0.1) is 0 Å². The van der Waals surface area contributed by atoms with E-state index in [1.807, 2.05) is 0 Å². The molecule has 2 N–H and O–H groups in total. The van der Waals surface area contributed by atoms with Crippen LogP contribution in [0.4, 0.5) is 0 Å². The number of benzene rings is 1. The minimum atomic E-state index is 0.0231. The molecule has 0 aromatic heterocycles. The molecule has 1 aromatic carbocycles. The quantitative estimate of drug-likeness (QED) is 0.857. The van der Waals surface area contributed by atoms with Gasteiger partial charge in [-0.25, -0.2) is 0 Å². The van der Waals surface area contributed by atoms with Gasteiger partial charge in [-0.3, -0.25) is 4.79 Å². The summed E-state index contributed by atoms with van der Waals surface area (Å²) in [6, 6.07) is 6.83. The van der Waals surface area contributed by atoms with E-state index in [0.717, 1.165) is 31.4 Å². The molecule has 18 heavy (non-hydrogen) atoms. The Bertz CT molecular complexity index is 383. The van der Waals surface area contributed by atoms with Gasteiger partial charge in [-0.05, 0) is 37.0 Å². The van der Waals surface area contributed by atoms with Gasteiger partial charge in [0.2, 0.25) is 5.91 Å². The highest BCUT2D eigenvalue weighted by atomic mass is 16.5. The third kappa shape index (κ3) is 4.04. The van der Waals surface area contributed by atoms with Gasteiger partial charge >= 0.3 is 0 Å². The van der Waals surface area contributed by atoms with Gasteiger partial charge in [0, 0.05) is 13.2 Å². The molecule has 0 spiro atoms. The maximum Gasteiger partial charge on any atom is 0.222 e. The van der Waals surface area contributed by atoms with Gasteiger partial charge < -0.3 is 15.2 Å². The SMILES string of the molecule is O=C(CC1CCCCO1)NCc1ccc(O)cc1. The Morgan fingerprint density at radius 2 is 2.11 bits per heavy atom. The molecule has 0 radical (unpaired) electrons.